The molecule has 0 amide bonds. The Hall–Kier alpha value is -1.97. The maximum Gasteiger partial charge on any atom is 0.180 e. The lowest BCUT2D eigenvalue weighted by atomic mass is 10.0. The van der Waals surface area contributed by atoms with E-state index in [0.717, 1.165) is 34.9 Å². The summed E-state index contributed by atoms with van der Waals surface area (Å²) in [4.78, 5) is 13.9. The quantitative estimate of drug-likeness (QED) is 0.921. The van der Waals surface area contributed by atoms with Crippen molar-refractivity contribution in [2.45, 2.75) is 47.5 Å². The molecule has 21 heavy (non-hydrogen) atoms. The van der Waals surface area contributed by atoms with Crippen molar-refractivity contribution in [3.8, 4) is 11.5 Å². The summed E-state index contributed by atoms with van der Waals surface area (Å²) in [5.41, 5.74) is 5.32. The molecule has 0 fully saturated rings. The summed E-state index contributed by atoms with van der Waals surface area (Å²) in [5, 5.41) is 3.36. The summed E-state index contributed by atoms with van der Waals surface area (Å²) in [6, 6.07) is 2.12. The molecule has 0 aliphatic rings. The molecule has 1 N–H and O–H groups in total. The van der Waals surface area contributed by atoms with Crippen LogP contribution >= 0.6 is 0 Å². The van der Waals surface area contributed by atoms with Gasteiger partial charge in [0, 0.05) is 24.0 Å². The molecule has 0 aromatic carbocycles. The molecule has 2 aromatic rings. The zero-order valence-corrected chi connectivity index (χ0v) is 13.8. The second-order valence-electron chi connectivity index (χ2n) is 5.76. The number of rotatable bonds is 4. The Morgan fingerprint density at radius 2 is 1.86 bits per heavy atom. The van der Waals surface area contributed by atoms with Crippen LogP contribution in [-0.4, -0.2) is 21.5 Å². The van der Waals surface area contributed by atoms with Crippen LogP contribution in [-0.2, 0) is 0 Å². The fourth-order valence-corrected chi connectivity index (χ4v) is 2.63. The van der Waals surface area contributed by atoms with Crippen LogP contribution in [0.5, 0.6) is 0 Å². The van der Waals surface area contributed by atoms with Gasteiger partial charge in [0.2, 0.25) is 0 Å². The highest BCUT2D eigenvalue weighted by atomic mass is 15.0. The summed E-state index contributed by atoms with van der Waals surface area (Å²) >= 11 is 0. The van der Waals surface area contributed by atoms with Gasteiger partial charge in [-0.15, -0.1) is 0 Å². The molecule has 112 valence electrons. The average molecular weight is 284 g/mol. The summed E-state index contributed by atoms with van der Waals surface area (Å²) in [6.45, 7) is 13.4. The molecule has 0 unspecified atom stereocenters. The van der Waals surface area contributed by atoms with Gasteiger partial charge < -0.3 is 5.32 Å². The third-order valence-electron chi connectivity index (χ3n) is 3.48. The van der Waals surface area contributed by atoms with Crippen molar-refractivity contribution in [1.82, 2.24) is 15.0 Å². The third-order valence-corrected chi connectivity index (χ3v) is 3.48. The molecule has 0 saturated carbocycles. The van der Waals surface area contributed by atoms with Crippen LogP contribution in [0.4, 0.5) is 5.82 Å². The van der Waals surface area contributed by atoms with Gasteiger partial charge in [0.05, 0.1) is 0 Å². The van der Waals surface area contributed by atoms with Gasteiger partial charge in [-0.25, -0.2) is 9.97 Å². The van der Waals surface area contributed by atoms with Crippen molar-refractivity contribution >= 4 is 5.82 Å². The number of nitrogens with zero attached hydrogens (tertiary/aromatic N) is 3. The Labute approximate surface area is 127 Å². The molecular weight excluding hydrogens is 260 g/mol. The van der Waals surface area contributed by atoms with Gasteiger partial charge in [0.25, 0.3) is 0 Å². The van der Waals surface area contributed by atoms with E-state index in [4.69, 9.17) is 4.98 Å². The summed E-state index contributed by atoms with van der Waals surface area (Å²) in [6.07, 6.45) is 1.87. The molecule has 2 heterocycles. The Morgan fingerprint density at radius 3 is 2.43 bits per heavy atom. The van der Waals surface area contributed by atoms with Crippen LogP contribution < -0.4 is 5.32 Å². The molecule has 0 saturated heterocycles. The first-order valence-electron chi connectivity index (χ1n) is 7.50. The van der Waals surface area contributed by atoms with Crippen LogP contribution in [0.15, 0.2) is 12.3 Å². The van der Waals surface area contributed by atoms with Gasteiger partial charge in [-0.05, 0) is 44.7 Å². The summed E-state index contributed by atoms with van der Waals surface area (Å²) in [7, 11) is 0. The van der Waals surface area contributed by atoms with Crippen LogP contribution in [0, 0.1) is 20.8 Å². The van der Waals surface area contributed by atoms with Gasteiger partial charge >= 0.3 is 0 Å². The largest absolute Gasteiger partial charge is 0.370 e. The molecule has 0 bridgehead atoms. The van der Waals surface area contributed by atoms with Crippen molar-refractivity contribution in [3.63, 3.8) is 0 Å². The molecule has 0 radical (unpaired) electrons. The number of aromatic nitrogens is 3. The Kier molecular flexibility index (Phi) is 4.56. The molecular formula is C17H24N4. The monoisotopic (exact) mass is 284 g/mol. The topological polar surface area (TPSA) is 50.7 Å². The number of aryl methyl sites for hydroxylation is 3. The van der Waals surface area contributed by atoms with Crippen molar-refractivity contribution < 1.29 is 0 Å². The van der Waals surface area contributed by atoms with Crippen molar-refractivity contribution in [3.05, 3.63) is 34.6 Å². The van der Waals surface area contributed by atoms with Gasteiger partial charge in [-0.2, -0.15) is 0 Å². The number of anilines is 1. The zero-order valence-electron chi connectivity index (χ0n) is 13.8. The van der Waals surface area contributed by atoms with Crippen molar-refractivity contribution in [1.29, 1.82) is 0 Å². The maximum atomic E-state index is 4.72. The van der Waals surface area contributed by atoms with E-state index in [-0.39, 0.29) is 0 Å². The van der Waals surface area contributed by atoms with Crippen molar-refractivity contribution in [2.75, 3.05) is 11.9 Å². The molecule has 0 atom stereocenters. The van der Waals surface area contributed by atoms with E-state index in [0.29, 0.717) is 11.7 Å². The Balaban J connectivity index is 2.60. The van der Waals surface area contributed by atoms with E-state index in [2.05, 4.69) is 49.0 Å². The number of hydrogen-bond donors (Lipinski definition) is 1. The predicted molar refractivity (Wildman–Crippen MR) is 87.7 cm³/mol. The van der Waals surface area contributed by atoms with Crippen LogP contribution in [0.25, 0.3) is 11.5 Å². The van der Waals surface area contributed by atoms with Gasteiger partial charge in [-0.3, -0.25) is 4.98 Å². The zero-order chi connectivity index (χ0) is 15.6. The highest BCUT2D eigenvalue weighted by molar-refractivity contribution is 5.60. The minimum absolute atomic E-state index is 0.389. The fourth-order valence-electron chi connectivity index (χ4n) is 2.63. The Bertz CT molecular complexity index is 647. The van der Waals surface area contributed by atoms with Gasteiger partial charge in [0.1, 0.15) is 11.5 Å². The first-order chi connectivity index (χ1) is 9.93. The minimum Gasteiger partial charge on any atom is -0.370 e. The molecule has 0 aliphatic heterocycles. The van der Waals surface area contributed by atoms with Crippen LogP contribution in [0.1, 0.15) is 49.1 Å². The smallest absolute Gasteiger partial charge is 0.180 e. The van der Waals surface area contributed by atoms with E-state index in [1.807, 2.05) is 20.0 Å². The Morgan fingerprint density at radius 1 is 1.14 bits per heavy atom. The average Bonchev–Trinajstić information content (AvgIpc) is 2.37. The lowest BCUT2D eigenvalue weighted by Gasteiger charge is -2.17. The number of pyridine rings is 1. The van der Waals surface area contributed by atoms with E-state index in [1.165, 1.54) is 5.56 Å². The normalized spacial score (nSPS) is 11.0. The third kappa shape index (κ3) is 3.20. The van der Waals surface area contributed by atoms with E-state index < -0.39 is 0 Å². The van der Waals surface area contributed by atoms with Gasteiger partial charge in [-0.1, -0.05) is 19.9 Å². The molecule has 4 nitrogen and oxygen atoms in total. The maximum absolute atomic E-state index is 4.72. The van der Waals surface area contributed by atoms with Crippen LogP contribution in [0.2, 0.25) is 0 Å². The second kappa shape index (κ2) is 6.20. The van der Waals surface area contributed by atoms with Crippen LogP contribution in [0.3, 0.4) is 0 Å². The van der Waals surface area contributed by atoms with E-state index >= 15 is 0 Å². The van der Waals surface area contributed by atoms with Crippen molar-refractivity contribution in [2.24, 2.45) is 0 Å². The molecule has 0 aliphatic carbocycles. The lowest BCUT2D eigenvalue weighted by Crippen LogP contribution is -2.10. The molecule has 0 spiro atoms. The first-order valence-corrected chi connectivity index (χ1v) is 7.50. The van der Waals surface area contributed by atoms with E-state index in [9.17, 15) is 0 Å². The number of nitrogens with one attached hydrogen (secondary N) is 1. The standard InChI is InChI=1S/C17H24N4/c1-7-18-16-14(10(2)3)13(6)20-17(21-16)15-12(5)8-11(4)9-19-15/h8-10H,7H2,1-6H3,(H,18,20,21). The number of hydrogen-bond acceptors (Lipinski definition) is 4. The first kappa shape index (κ1) is 15.4. The predicted octanol–water partition coefficient (Wildman–Crippen LogP) is 4.02. The molecule has 4 heteroatoms. The molecule has 2 rings (SSSR count). The summed E-state index contributed by atoms with van der Waals surface area (Å²) < 4.78 is 0. The van der Waals surface area contributed by atoms with E-state index in [1.54, 1.807) is 0 Å². The highest BCUT2D eigenvalue weighted by Gasteiger charge is 2.16. The minimum atomic E-state index is 0.389. The fraction of sp³-hybridized carbons (Fsp3) is 0.471. The van der Waals surface area contributed by atoms with Gasteiger partial charge in [0.15, 0.2) is 5.82 Å². The lowest BCUT2D eigenvalue weighted by molar-refractivity contribution is 0.830. The SMILES string of the molecule is CCNc1nc(-c2ncc(C)cc2C)nc(C)c1C(C)C. The summed E-state index contributed by atoms with van der Waals surface area (Å²) in [5.74, 6) is 2.02. The second-order valence-corrected chi connectivity index (χ2v) is 5.76. The molecule has 2 aromatic heterocycles. The highest BCUT2D eigenvalue weighted by Crippen LogP contribution is 2.28.